The van der Waals surface area contributed by atoms with Gasteiger partial charge in [-0.1, -0.05) is 68.9 Å². The third-order valence-corrected chi connectivity index (χ3v) is 5.88. The van der Waals surface area contributed by atoms with Crippen molar-refractivity contribution in [1.29, 1.82) is 0 Å². The van der Waals surface area contributed by atoms with Crippen LogP contribution in [0, 0.1) is 5.41 Å². The third kappa shape index (κ3) is 5.07. The minimum atomic E-state index is -0.530. The van der Waals surface area contributed by atoms with E-state index >= 15 is 0 Å². The van der Waals surface area contributed by atoms with Gasteiger partial charge in [0.1, 0.15) is 6.54 Å². The number of carbonyl (C=O) groups is 3. The van der Waals surface area contributed by atoms with Crippen molar-refractivity contribution in [3.63, 3.8) is 0 Å². The Bertz CT molecular complexity index is 991. The molecule has 152 valence electrons. The number of allylic oxidation sites excluding steroid dienone is 1. The van der Waals surface area contributed by atoms with Crippen LogP contribution in [0.3, 0.4) is 0 Å². The van der Waals surface area contributed by atoms with Crippen LogP contribution in [-0.4, -0.2) is 34.8 Å². The lowest BCUT2D eigenvalue weighted by molar-refractivity contribution is -0.131. The normalized spacial score (nSPS) is 17.0. The van der Waals surface area contributed by atoms with Crippen LogP contribution >= 0.6 is 11.8 Å². The summed E-state index contributed by atoms with van der Waals surface area (Å²) in [5.41, 5.74) is 0.468. The maximum Gasteiger partial charge on any atom is 0.240 e. The maximum absolute atomic E-state index is 12.6. The molecule has 1 heterocycles. The Morgan fingerprint density at radius 3 is 2.55 bits per heavy atom. The maximum atomic E-state index is 12.6. The first kappa shape index (κ1) is 21.1. The Labute approximate surface area is 175 Å². The molecule has 5 nitrogen and oxygen atoms in total. The zero-order chi connectivity index (χ0) is 21.2. The zero-order valence-corrected chi connectivity index (χ0v) is 18.0. The standard InChI is InChI=1S/C23H26N2O3S/c1-15(17-10-9-16-7-5-6-8-18(16)11-17)24-20(27)13-25-21(28)14-29-22(25)12-19(26)23(2,3)4/h5-12,15H,13-14H2,1-4H3,(H,24,27)/b22-12-/t15-/m1/s1. The van der Waals surface area contributed by atoms with E-state index < -0.39 is 5.41 Å². The number of thioether (sulfide) groups is 1. The minimum absolute atomic E-state index is 0.0651. The smallest absolute Gasteiger partial charge is 0.240 e. The molecule has 0 spiro atoms. The lowest BCUT2D eigenvalue weighted by Gasteiger charge is -2.21. The fourth-order valence-electron chi connectivity index (χ4n) is 3.02. The molecule has 1 atom stereocenters. The summed E-state index contributed by atoms with van der Waals surface area (Å²) >= 11 is 1.30. The molecule has 3 rings (SSSR count). The van der Waals surface area contributed by atoms with Gasteiger partial charge in [0.2, 0.25) is 11.8 Å². The molecule has 1 saturated heterocycles. The highest BCUT2D eigenvalue weighted by atomic mass is 32.2. The van der Waals surface area contributed by atoms with Crippen LogP contribution in [0.1, 0.15) is 39.3 Å². The lowest BCUT2D eigenvalue weighted by atomic mass is 9.91. The Hall–Kier alpha value is -2.60. The molecule has 0 radical (unpaired) electrons. The predicted molar refractivity (Wildman–Crippen MR) is 117 cm³/mol. The molecule has 1 aliphatic rings. The van der Waals surface area contributed by atoms with E-state index in [1.807, 2.05) is 64.1 Å². The first-order chi connectivity index (χ1) is 13.6. The van der Waals surface area contributed by atoms with Gasteiger partial charge in [-0.15, -0.1) is 0 Å². The molecular formula is C23H26N2O3S. The molecule has 1 aliphatic heterocycles. The molecule has 29 heavy (non-hydrogen) atoms. The molecule has 2 aromatic carbocycles. The quantitative estimate of drug-likeness (QED) is 0.755. The van der Waals surface area contributed by atoms with Gasteiger partial charge in [0.25, 0.3) is 0 Å². The number of ketones is 1. The molecule has 0 bridgehead atoms. The van der Waals surface area contributed by atoms with Crippen molar-refractivity contribution in [2.24, 2.45) is 5.41 Å². The Morgan fingerprint density at radius 2 is 1.86 bits per heavy atom. The average molecular weight is 411 g/mol. The van der Waals surface area contributed by atoms with E-state index in [0.717, 1.165) is 16.3 Å². The number of fused-ring (bicyclic) bond motifs is 1. The van der Waals surface area contributed by atoms with Gasteiger partial charge in [-0.2, -0.15) is 0 Å². The average Bonchev–Trinajstić information content (AvgIpc) is 3.00. The van der Waals surface area contributed by atoms with Gasteiger partial charge in [0.05, 0.1) is 16.8 Å². The minimum Gasteiger partial charge on any atom is -0.348 e. The van der Waals surface area contributed by atoms with Crippen LogP contribution in [-0.2, 0) is 14.4 Å². The molecular weight excluding hydrogens is 384 g/mol. The molecule has 0 saturated carbocycles. The van der Waals surface area contributed by atoms with Gasteiger partial charge in [-0.25, -0.2) is 0 Å². The molecule has 2 amide bonds. The SMILES string of the molecule is C[C@@H](NC(=O)CN1C(=O)CS/C1=C\C(=O)C(C)(C)C)c1ccc2ccccc2c1. The first-order valence-corrected chi connectivity index (χ1v) is 10.6. The van der Waals surface area contributed by atoms with E-state index in [1.165, 1.54) is 22.7 Å². The zero-order valence-electron chi connectivity index (χ0n) is 17.2. The summed E-state index contributed by atoms with van der Waals surface area (Å²) in [6, 6.07) is 14.0. The summed E-state index contributed by atoms with van der Waals surface area (Å²) in [4.78, 5) is 38.5. The number of amides is 2. The van der Waals surface area contributed by atoms with Gasteiger partial charge in [-0.05, 0) is 29.3 Å². The van der Waals surface area contributed by atoms with Gasteiger partial charge in [0.15, 0.2) is 5.78 Å². The van der Waals surface area contributed by atoms with Crippen LogP contribution in [0.15, 0.2) is 53.6 Å². The largest absolute Gasteiger partial charge is 0.348 e. The Morgan fingerprint density at radius 1 is 1.17 bits per heavy atom. The van der Waals surface area contributed by atoms with Crippen LogP contribution in [0.4, 0.5) is 0 Å². The number of nitrogens with zero attached hydrogens (tertiary/aromatic N) is 1. The van der Waals surface area contributed by atoms with Crippen molar-refractivity contribution in [1.82, 2.24) is 10.2 Å². The van der Waals surface area contributed by atoms with E-state index in [1.54, 1.807) is 0 Å². The van der Waals surface area contributed by atoms with Crippen LogP contribution in [0.2, 0.25) is 0 Å². The number of hydrogen-bond donors (Lipinski definition) is 1. The summed E-state index contributed by atoms with van der Waals surface area (Å²) in [5, 5.41) is 5.76. The van der Waals surface area contributed by atoms with E-state index in [-0.39, 0.29) is 35.9 Å². The molecule has 0 unspecified atom stereocenters. The summed E-state index contributed by atoms with van der Waals surface area (Å²) in [7, 11) is 0. The molecule has 1 fully saturated rings. The van der Waals surface area contributed by atoms with Crippen molar-refractivity contribution in [3.05, 3.63) is 59.1 Å². The topological polar surface area (TPSA) is 66.5 Å². The van der Waals surface area contributed by atoms with Crippen LogP contribution in [0.5, 0.6) is 0 Å². The van der Waals surface area contributed by atoms with Crippen molar-refractivity contribution in [2.45, 2.75) is 33.7 Å². The van der Waals surface area contributed by atoms with Crippen LogP contribution < -0.4 is 5.32 Å². The van der Waals surface area contributed by atoms with Crippen LogP contribution in [0.25, 0.3) is 10.8 Å². The highest BCUT2D eigenvalue weighted by Gasteiger charge is 2.31. The summed E-state index contributed by atoms with van der Waals surface area (Å²) < 4.78 is 0. The van der Waals surface area contributed by atoms with E-state index in [9.17, 15) is 14.4 Å². The molecule has 2 aromatic rings. The van der Waals surface area contributed by atoms with Crippen molar-refractivity contribution in [3.8, 4) is 0 Å². The second kappa shape index (κ2) is 8.41. The highest BCUT2D eigenvalue weighted by Crippen LogP contribution is 2.30. The molecule has 1 N–H and O–H groups in total. The number of rotatable bonds is 5. The molecule has 0 aromatic heterocycles. The van der Waals surface area contributed by atoms with Crippen molar-refractivity contribution >= 4 is 40.1 Å². The van der Waals surface area contributed by atoms with E-state index in [2.05, 4.69) is 11.4 Å². The van der Waals surface area contributed by atoms with Gasteiger partial charge in [-0.3, -0.25) is 19.3 Å². The van der Waals surface area contributed by atoms with E-state index in [0.29, 0.717) is 5.03 Å². The summed E-state index contributed by atoms with van der Waals surface area (Å²) in [6.45, 7) is 7.32. The monoisotopic (exact) mass is 410 g/mol. The van der Waals surface area contributed by atoms with Crippen molar-refractivity contribution in [2.75, 3.05) is 12.3 Å². The van der Waals surface area contributed by atoms with Gasteiger partial charge < -0.3 is 5.32 Å². The highest BCUT2D eigenvalue weighted by molar-refractivity contribution is 8.04. The number of carbonyl (C=O) groups excluding carboxylic acids is 3. The summed E-state index contributed by atoms with van der Waals surface area (Å²) in [5.74, 6) is -0.228. The van der Waals surface area contributed by atoms with Gasteiger partial charge >= 0.3 is 0 Å². The van der Waals surface area contributed by atoms with E-state index in [4.69, 9.17) is 0 Å². The molecule has 0 aliphatic carbocycles. The Kier molecular flexibility index (Phi) is 6.13. The Balaban J connectivity index is 1.68. The number of benzene rings is 2. The second-order valence-corrected chi connectivity index (χ2v) is 9.26. The summed E-state index contributed by atoms with van der Waals surface area (Å²) in [6.07, 6.45) is 1.48. The first-order valence-electron chi connectivity index (χ1n) is 9.62. The molecule has 6 heteroatoms. The second-order valence-electron chi connectivity index (χ2n) is 8.26. The number of hydrogen-bond acceptors (Lipinski definition) is 4. The fourth-order valence-corrected chi connectivity index (χ4v) is 3.96. The fraction of sp³-hybridized carbons (Fsp3) is 0.348. The van der Waals surface area contributed by atoms with Gasteiger partial charge in [0, 0.05) is 11.5 Å². The van der Waals surface area contributed by atoms with Crippen molar-refractivity contribution < 1.29 is 14.4 Å². The third-order valence-electron chi connectivity index (χ3n) is 4.86. The number of nitrogens with one attached hydrogen (secondary N) is 1. The lowest BCUT2D eigenvalue weighted by Crippen LogP contribution is -2.38. The predicted octanol–water partition coefficient (Wildman–Crippen LogP) is 4.05.